The van der Waals surface area contributed by atoms with Crippen LogP contribution in [0.2, 0.25) is 0 Å². The van der Waals surface area contributed by atoms with E-state index < -0.39 is 0 Å². The van der Waals surface area contributed by atoms with Gasteiger partial charge >= 0.3 is 0 Å². The van der Waals surface area contributed by atoms with E-state index in [1.165, 1.54) is 116 Å². The minimum atomic E-state index is 0.422. The van der Waals surface area contributed by atoms with E-state index in [1.54, 1.807) is 0 Å². The van der Waals surface area contributed by atoms with Crippen LogP contribution < -0.4 is 5.32 Å². The highest BCUT2D eigenvalue weighted by Gasteiger charge is 2.36. The van der Waals surface area contributed by atoms with Crippen molar-refractivity contribution in [2.45, 2.75) is 148 Å². The Bertz CT molecular complexity index is 346. The molecule has 2 bridgehead atoms. The highest BCUT2D eigenvalue weighted by atomic mass is 15.0. The summed E-state index contributed by atoms with van der Waals surface area (Å²) in [5.74, 6) is 1.99. The average molecular weight is 364 g/mol. The molecule has 2 aliphatic rings. The molecule has 2 rings (SSSR count). The van der Waals surface area contributed by atoms with E-state index in [0.29, 0.717) is 5.54 Å². The molecular formula is C25H49N. The van der Waals surface area contributed by atoms with Crippen molar-refractivity contribution in [2.75, 3.05) is 0 Å². The largest absolute Gasteiger partial charge is 0.309 e. The molecule has 0 amide bonds. The van der Waals surface area contributed by atoms with E-state index in [-0.39, 0.29) is 0 Å². The van der Waals surface area contributed by atoms with Crippen molar-refractivity contribution in [3.63, 3.8) is 0 Å². The Morgan fingerprint density at radius 3 is 2.15 bits per heavy atom. The van der Waals surface area contributed by atoms with Gasteiger partial charge in [0.2, 0.25) is 0 Å². The molecule has 1 saturated carbocycles. The van der Waals surface area contributed by atoms with Crippen molar-refractivity contribution in [2.24, 2.45) is 11.8 Å². The normalized spacial score (nSPS) is 30.3. The van der Waals surface area contributed by atoms with Crippen LogP contribution in [0.5, 0.6) is 0 Å². The van der Waals surface area contributed by atoms with Crippen LogP contribution in [0.1, 0.15) is 136 Å². The fourth-order valence-corrected chi connectivity index (χ4v) is 5.90. The number of unbranched alkanes of at least 4 members (excludes halogenated alkanes) is 4. The second-order valence-corrected chi connectivity index (χ2v) is 9.68. The first-order chi connectivity index (χ1) is 12.7. The van der Waals surface area contributed by atoms with Crippen LogP contribution in [0.15, 0.2) is 0 Å². The second-order valence-electron chi connectivity index (χ2n) is 9.68. The Kier molecular flexibility index (Phi) is 10.6. The average Bonchev–Trinajstić information content (AvgIpc) is 2.69. The fraction of sp³-hybridized carbons (Fsp3) is 1.00. The van der Waals surface area contributed by atoms with Gasteiger partial charge in [-0.2, -0.15) is 0 Å². The van der Waals surface area contributed by atoms with Crippen LogP contribution in [0, 0.1) is 11.8 Å². The quantitative estimate of drug-likeness (QED) is 0.430. The Labute approximate surface area is 165 Å². The molecule has 0 aromatic carbocycles. The molecule has 154 valence electrons. The van der Waals surface area contributed by atoms with Crippen molar-refractivity contribution in [3.05, 3.63) is 0 Å². The zero-order chi connectivity index (χ0) is 18.7. The minimum absolute atomic E-state index is 0.422. The minimum Gasteiger partial charge on any atom is -0.309 e. The maximum Gasteiger partial charge on any atom is 0.0181 e. The summed E-state index contributed by atoms with van der Waals surface area (Å²) in [4.78, 5) is 0. The highest BCUT2D eigenvalue weighted by molar-refractivity contribution is 4.94. The van der Waals surface area contributed by atoms with Crippen LogP contribution in [0.3, 0.4) is 0 Å². The molecule has 3 atom stereocenters. The lowest BCUT2D eigenvalue weighted by Gasteiger charge is -2.45. The van der Waals surface area contributed by atoms with E-state index in [4.69, 9.17) is 0 Å². The Morgan fingerprint density at radius 1 is 0.731 bits per heavy atom. The molecular weight excluding hydrogens is 314 g/mol. The standard InChI is InChI=1S/C25H49N/c1-4-7-8-10-14-17-23-21-25(5-2,6-3)26-24-18-15-12-9-11-13-16-22(23)19-20-24/h22-24,26H,4-21H2,1-3H3. The molecule has 1 heteroatoms. The molecule has 26 heavy (non-hydrogen) atoms. The lowest BCUT2D eigenvalue weighted by molar-refractivity contribution is 0.121. The van der Waals surface area contributed by atoms with Crippen LogP contribution in [0.25, 0.3) is 0 Å². The third kappa shape index (κ3) is 7.17. The molecule has 0 spiro atoms. The lowest BCUT2D eigenvalue weighted by Crippen LogP contribution is -2.52. The number of fused-ring (bicyclic) bond motifs is 3. The Morgan fingerprint density at radius 2 is 1.42 bits per heavy atom. The van der Waals surface area contributed by atoms with E-state index in [2.05, 4.69) is 26.1 Å². The summed E-state index contributed by atoms with van der Waals surface area (Å²) in [5.41, 5.74) is 0.422. The van der Waals surface area contributed by atoms with Crippen LogP contribution in [0.4, 0.5) is 0 Å². The molecule has 0 radical (unpaired) electrons. The molecule has 0 aromatic rings. The molecule has 1 aliphatic heterocycles. The number of nitrogens with one attached hydrogen (secondary N) is 1. The molecule has 1 aliphatic carbocycles. The lowest BCUT2D eigenvalue weighted by atomic mass is 9.70. The summed E-state index contributed by atoms with van der Waals surface area (Å²) in [7, 11) is 0. The van der Waals surface area contributed by atoms with Crippen molar-refractivity contribution in [1.82, 2.24) is 5.32 Å². The summed E-state index contributed by atoms with van der Waals surface area (Å²) in [6.45, 7) is 7.22. The van der Waals surface area contributed by atoms with Gasteiger partial charge in [0.15, 0.2) is 0 Å². The van der Waals surface area contributed by atoms with E-state index in [0.717, 1.165) is 17.9 Å². The summed E-state index contributed by atoms with van der Waals surface area (Å²) in [5, 5.41) is 4.23. The number of hydrogen-bond acceptors (Lipinski definition) is 1. The van der Waals surface area contributed by atoms with E-state index >= 15 is 0 Å². The predicted molar refractivity (Wildman–Crippen MR) is 117 cm³/mol. The topological polar surface area (TPSA) is 12.0 Å². The van der Waals surface area contributed by atoms with Crippen molar-refractivity contribution >= 4 is 0 Å². The van der Waals surface area contributed by atoms with E-state index in [1.807, 2.05) is 0 Å². The van der Waals surface area contributed by atoms with Crippen molar-refractivity contribution < 1.29 is 0 Å². The molecule has 3 unspecified atom stereocenters. The maximum absolute atomic E-state index is 4.23. The Hall–Kier alpha value is -0.0400. The molecule has 1 nitrogen and oxygen atoms in total. The third-order valence-corrected chi connectivity index (χ3v) is 7.88. The monoisotopic (exact) mass is 363 g/mol. The number of hydrogen-bond donors (Lipinski definition) is 1. The summed E-state index contributed by atoms with van der Waals surface area (Å²) < 4.78 is 0. The van der Waals surface area contributed by atoms with Crippen LogP contribution in [-0.4, -0.2) is 11.6 Å². The molecule has 2 fully saturated rings. The first-order valence-corrected chi connectivity index (χ1v) is 12.5. The zero-order valence-electron chi connectivity index (χ0n) is 18.5. The summed E-state index contributed by atoms with van der Waals surface area (Å²) in [6.07, 6.45) is 26.1. The third-order valence-electron chi connectivity index (χ3n) is 7.88. The second kappa shape index (κ2) is 12.4. The van der Waals surface area contributed by atoms with Gasteiger partial charge in [-0.1, -0.05) is 97.8 Å². The zero-order valence-corrected chi connectivity index (χ0v) is 18.5. The van der Waals surface area contributed by atoms with Gasteiger partial charge in [-0.15, -0.1) is 0 Å². The van der Waals surface area contributed by atoms with Gasteiger partial charge in [-0.25, -0.2) is 0 Å². The summed E-state index contributed by atoms with van der Waals surface area (Å²) in [6, 6.07) is 0.793. The SMILES string of the molecule is CCCCCCCC1CC(CC)(CC)NC2CCCCCCCC1CC2. The summed E-state index contributed by atoms with van der Waals surface area (Å²) >= 11 is 0. The molecule has 1 N–H and O–H groups in total. The Balaban J connectivity index is 2.06. The van der Waals surface area contributed by atoms with Gasteiger partial charge in [0.1, 0.15) is 0 Å². The number of rotatable bonds is 8. The van der Waals surface area contributed by atoms with Crippen molar-refractivity contribution in [1.29, 1.82) is 0 Å². The molecule has 1 saturated heterocycles. The van der Waals surface area contributed by atoms with Gasteiger partial charge in [0.05, 0.1) is 0 Å². The van der Waals surface area contributed by atoms with Crippen LogP contribution in [-0.2, 0) is 0 Å². The smallest absolute Gasteiger partial charge is 0.0181 e. The van der Waals surface area contributed by atoms with E-state index in [9.17, 15) is 0 Å². The van der Waals surface area contributed by atoms with Crippen molar-refractivity contribution in [3.8, 4) is 0 Å². The molecule has 1 heterocycles. The van der Waals surface area contributed by atoms with Crippen LogP contribution >= 0.6 is 0 Å². The molecule has 0 aromatic heterocycles. The van der Waals surface area contributed by atoms with Gasteiger partial charge in [-0.3, -0.25) is 0 Å². The maximum atomic E-state index is 4.23. The van der Waals surface area contributed by atoms with Gasteiger partial charge < -0.3 is 5.32 Å². The first kappa shape index (κ1) is 22.3. The van der Waals surface area contributed by atoms with Gasteiger partial charge in [-0.05, 0) is 50.4 Å². The fourth-order valence-electron chi connectivity index (χ4n) is 5.90. The van der Waals surface area contributed by atoms with Gasteiger partial charge in [0.25, 0.3) is 0 Å². The first-order valence-electron chi connectivity index (χ1n) is 12.5. The predicted octanol–water partition coefficient (Wildman–Crippen LogP) is 8.02. The van der Waals surface area contributed by atoms with Gasteiger partial charge in [0, 0.05) is 11.6 Å². The highest BCUT2D eigenvalue weighted by Crippen LogP contribution is 2.40.